The van der Waals surface area contributed by atoms with Gasteiger partial charge in [-0.3, -0.25) is 4.90 Å². The molecule has 0 amide bonds. The van der Waals surface area contributed by atoms with Crippen LogP contribution in [0.2, 0.25) is 0 Å². The summed E-state index contributed by atoms with van der Waals surface area (Å²) in [6.07, 6.45) is 4.97. The lowest BCUT2D eigenvalue weighted by Gasteiger charge is -2.28. The van der Waals surface area contributed by atoms with Crippen molar-refractivity contribution in [2.75, 3.05) is 20.2 Å². The lowest BCUT2D eigenvalue weighted by molar-refractivity contribution is -0.0224. The number of nitrogens with one attached hydrogen (secondary N) is 1. The highest BCUT2D eigenvalue weighted by Crippen LogP contribution is 2.20. The van der Waals surface area contributed by atoms with Crippen molar-refractivity contribution in [2.45, 2.75) is 19.6 Å². The van der Waals surface area contributed by atoms with Crippen molar-refractivity contribution in [1.82, 2.24) is 9.88 Å². The highest BCUT2D eigenvalue weighted by Gasteiger charge is 2.17. The number of para-hydroxylation sites is 1. The molecule has 3 nitrogen and oxygen atoms in total. The summed E-state index contributed by atoms with van der Waals surface area (Å²) in [6.45, 7) is 7.75. The zero-order valence-electron chi connectivity index (χ0n) is 11.7. The van der Waals surface area contributed by atoms with Crippen LogP contribution < -0.4 is 0 Å². The van der Waals surface area contributed by atoms with Crippen LogP contribution in [-0.2, 0) is 11.2 Å². The second kappa shape index (κ2) is 6.55. The average Bonchev–Trinajstić information content (AvgIpc) is 2.86. The van der Waals surface area contributed by atoms with E-state index in [1.807, 2.05) is 12.1 Å². The summed E-state index contributed by atoms with van der Waals surface area (Å²) in [5.41, 5.74) is 2.48. The minimum absolute atomic E-state index is 0.0854. The fraction of sp³-hybridized carbons (Fsp3) is 0.375. The van der Waals surface area contributed by atoms with Gasteiger partial charge >= 0.3 is 0 Å². The van der Waals surface area contributed by atoms with Crippen LogP contribution >= 0.6 is 0 Å². The van der Waals surface area contributed by atoms with Crippen molar-refractivity contribution in [2.24, 2.45) is 0 Å². The topological polar surface area (TPSA) is 28.3 Å². The van der Waals surface area contributed by atoms with Gasteiger partial charge in [0.05, 0.1) is 0 Å². The molecule has 1 N–H and O–H groups in total. The van der Waals surface area contributed by atoms with Crippen LogP contribution in [0.15, 0.2) is 43.1 Å². The number of ether oxygens (including phenoxy) is 1. The van der Waals surface area contributed by atoms with E-state index in [1.165, 1.54) is 16.5 Å². The molecule has 0 saturated heterocycles. The molecular weight excluding hydrogens is 236 g/mol. The lowest BCUT2D eigenvalue weighted by atomic mass is 10.1. The van der Waals surface area contributed by atoms with E-state index in [1.54, 1.807) is 7.11 Å². The van der Waals surface area contributed by atoms with Gasteiger partial charge in [0.25, 0.3) is 0 Å². The Morgan fingerprint density at radius 3 is 2.89 bits per heavy atom. The van der Waals surface area contributed by atoms with E-state index < -0.39 is 0 Å². The van der Waals surface area contributed by atoms with Gasteiger partial charge in [0, 0.05) is 37.2 Å². The highest BCUT2D eigenvalue weighted by atomic mass is 16.5. The molecule has 0 saturated carbocycles. The van der Waals surface area contributed by atoms with Gasteiger partial charge in [-0.05, 0) is 18.2 Å². The third-order valence-electron chi connectivity index (χ3n) is 3.52. The van der Waals surface area contributed by atoms with Gasteiger partial charge < -0.3 is 9.72 Å². The summed E-state index contributed by atoms with van der Waals surface area (Å²) in [5.74, 6) is 0. The third kappa shape index (κ3) is 3.06. The monoisotopic (exact) mass is 258 g/mol. The van der Waals surface area contributed by atoms with Gasteiger partial charge in [0.2, 0.25) is 0 Å². The Balaban J connectivity index is 2.19. The normalized spacial score (nSPS) is 13.0. The molecule has 3 heteroatoms. The summed E-state index contributed by atoms with van der Waals surface area (Å²) in [6, 6.07) is 8.37. The van der Waals surface area contributed by atoms with Gasteiger partial charge in [0.15, 0.2) is 0 Å². The van der Waals surface area contributed by atoms with Crippen molar-refractivity contribution in [3.05, 3.63) is 48.7 Å². The van der Waals surface area contributed by atoms with Gasteiger partial charge in [-0.2, -0.15) is 0 Å². The van der Waals surface area contributed by atoms with E-state index in [2.05, 4.69) is 47.8 Å². The minimum Gasteiger partial charge on any atom is -0.366 e. The SMILES string of the molecule is C=CCN(CC)C(Cc1c[nH]c2ccccc12)OC. The van der Waals surface area contributed by atoms with Crippen molar-refractivity contribution >= 4 is 10.9 Å². The summed E-state index contributed by atoms with van der Waals surface area (Å²) in [7, 11) is 1.77. The number of aromatic nitrogens is 1. The number of fused-ring (bicyclic) bond motifs is 1. The molecule has 1 unspecified atom stereocenters. The van der Waals surface area contributed by atoms with Crippen LogP contribution in [0.3, 0.4) is 0 Å². The Kier molecular flexibility index (Phi) is 4.77. The number of likely N-dealkylation sites (N-methyl/N-ethyl adjacent to an activating group) is 1. The number of rotatable bonds is 7. The molecule has 1 heterocycles. The Bertz CT molecular complexity index is 532. The standard InChI is InChI=1S/C16H22N2O/c1-4-10-18(5-2)16(19-3)11-13-12-17-15-9-7-6-8-14(13)15/h4,6-9,12,16-17H,1,5,10-11H2,2-3H3. The Morgan fingerprint density at radius 1 is 1.42 bits per heavy atom. The quantitative estimate of drug-likeness (QED) is 0.610. The summed E-state index contributed by atoms with van der Waals surface area (Å²) in [5, 5.41) is 1.28. The molecule has 0 fully saturated rings. The summed E-state index contributed by atoms with van der Waals surface area (Å²) in [4.78, 5) is 5.58. The van der Waals surface area contributed by atoms with Crippen molar-refractivity contribution in [3.8, 4) is 0 Å². The second-order valence-corrected chi connectivity index (χ2v) is 4.63. The predicted molar refractivity (Wildman–Crippen MR) is 80.2 cm³/mol. The number of hydrogen-bond donors (Lipinski definition) is 1. The number of nitrogens with zero attached hydrogens (tertiary/aromatic N) is 1. The highest BCUT2D eigenvalue weighted by molar-refractivity contribution is 5.83. The molecule has 0 aliphatic heterocycles. The molecule has 0 aliphatic carbocycles. The van der Waals surface area contributed by atoms with Crippen LogP contribution in [0.1, 0.15) is 12.5 Å². The first-order valence-electron chi connectivity index (χ1n) is 6.72. The van der Waals surface area contributed by atoms with E-state index in [0.29, 0.717) is 0 Å². The number of aromatic amines is 1. The zero-order valence-corrected chi connectivity index (χ0v) is 11.7. The van der Waals surface area contributed by atoms with E-state index in [9.17, 15) is 0 Å². The maximum atomic E-state index is 5.64. The largest absolute Gasteiger partial charge is 0.366 e. The Hall–Kier alpha value is -1.58. The molecule has 0 bridgehead atoms. The number of methoxy groups -OCH3 is 1. The molecule has 2 aromatic rings. The van der Waals surface area contributed by atoms with Crippen LogP contribution in [-0.4, -0.2) is 36.3 Å². The molecule has 1 aromatic carbocycles. The third-order valence-corrected chi connectivity index (χ3v) is 3.52. The molecule has 0 aliphatic rings. The van der Waals surface area contributed by atoms with Crippen LogP contribution in [0.4, 0.5) is 0 Å². The Morgan fingerprint density at radius 2 is 2.21 bits per heavy atom. The smallest absolute Gasteiger partial charge is 0.114 e. The van der Waals surface area contributed by atoms with Crippen LogP contribution in [0, 0.1) is 0 Å². The van der Waals surface area contributed by atoms with Crippen molar-refractivity contribution in [3.63, 3.8) is 0 Å². The molecule has 0 spiro atoms. The summed E-state index contributed by atoms with van der Waals surface area (Å²) >= 11 is 0. The summed E-state index contributed by atoms with van der Waals surface area (Å²) < 4.78 is 5.64. The molecule has 19 heavy (non-hydrogen) atoms. The predicted octanol–water partition coefficient (Wildman–Crippen LogP) is 3.19. The molecule has 1 atom stereocenters. The van der Waals surface area contributed by atoms with Gasteiger partial charge in [-0.25, -0.2) is 0 Å². The van der Waals surface area contributed by atoms with Crippen molar-refractivity contribution < 1.29 is 4.74 Å². The van der Waals surface area contributed by atoms with E-state index >= 15 is 0 Å². The first kappa shape index (κ1) is 13.8. The van der Waals surface area contributed by atoms with E-state index in [0.717, 1.165) is 19.5 Å². The van der Waals surface area contributed by atoms with E-state index in [-0.39, 0.29) is 6.23 Å². The van der Waals surface area contributed by atoms with Crippen LogP contribution in [0.25, 0.3) is 10.9 Å². The van der Waals surface area contributed by atoms with Gasteiger partial charge in [-0.1, -0.05) is 31.2 Å². The molecular formula is C16H22N2O. The fourth-order valence-electron chi connectivity index (χ4n) is 2.47. The average molecular weight is 258 g/mol. The Labute approximate surface area is 114 Å². The molecule has 102 valence electrons. The number of benzene rings is 1. The van der Waals surface area contributed by atoms with Gasteiger partial charge in [-0.15, -0.1) is 6.58 Å². The number of hydrogen-bond acceptors (Lipinski definition) is 2. The van der Waals surface area contributed by atoms with E-state index in [4.69, 9.17) is 4.74 Å². The zero-order chi connectivity index (χ0) is 13.7. The van der Waals surface area contributed by atoms with Gasteiger partial charge in [0.1, 0.15) is 6.23 Å². The molecule has 2 rings (SSSR count). The second-order valence-electron chi connectivity index (χ2n) is 4.63. The molecule has 1 aromatic heterocycles. The molecule has 0 radical (unpaired) electrons. The first-order valence-corrected chi connectivity index (χ1v) is 6.72. The van der Waals surface area contributed by atoms with Crippen molar-refractivity contribution in [1.29, 1.82) is 0 Å². The minimum atomic E-state index is 0.0854. The fourth-order valence-corrected chi connectivity index (χ4v) is 2.47. The maximum Gasteiger partial charge on any atom is 0.114 e. The van der Waals surface area contributed by atoms with Crippen LogP contribution in [0.5, 0.6) is 0 Å². The maximum absolute atomic E-state index is 5.64. The first-order chi connectivity index (χ1) is 9.30. The number of H-pyrrole nitrogens is 1. The lowest BCUT2D eigenvalue weighted by Crippen LogP contribution is -2.38.